The second-order valence-corrected chi connectivity index (χ2v) is 6.89. The van der Waals surface area contributed by atoms with Gasteiger partial charge in [0.2, 0.25) is 5.91 Å². The molecule has 1 fully saturated rings. The van der Waals surface area contributed by atoms with Gasteiger partial charge in [-0.05, 0) is 31.2 Å². The van der Waals surface area contributed by atoms with Crippen LogP contribution in [0.4, 0.5) is 11.4 Å². The van der Waals surface area contributed by atoms with Gasteiger partial charge in [0, 0.05) is 32.6 Å². The van der Waals surface area contributed by atoms with Crippen LogP contribution in [0.2, 0.25) is 0 Å². The predicted octanol–water partition coefficient (Wildman–Crippen LogP) is 3.07. The van der Waals surface area contributed by atoms with E-state index in [0.29, 0.717) is 25.3 Å². The van der Waals surface area contributed by atoms with Crippen molar-refractivity contribution in [2.24, 2.45) is 0 Å². The lowest BCUT2D eigenvalue weighted by atomic mass is 10.2. The fourth-order valence-electron chi connectivity index (χ4n) is 3.25. The molecule has 0 atom stereocenters. The third kappa shape index (κ3) is 5.03. The number of piperazine rings is 1. The summed E-state index contributed by atoms with van der Waals surface area (Å²) >= 11 is 0. The molecule has 2 aromatic carbocycles. The highest BCUT2D eigenvalue weighted by Gasteiger charge is 2.22. The molecule has 0 radical (unpaired) electrons. The van der Waals surface area contributed by atoms with Crippen LogP contribution in [-0.2, 0) is 9.59 Å². The average Bonchev–Trinajstić information content (AvgIpc) is 2.73. The maximum atomic E-state index is 12.4. The number of benzene rings is 2. The van der Waals surface area contributed by atoms with Crippen molar-refractivity contribution in [3.8, 4) is 5.75 Å². The first-order valence-corrected chi connectivity index (χ1v) is 9.68. The lowest BCUT2D eigenvalue weighted by Gasteiger charge is -2.36. The van der Waals surface area contributed by atoms with E-state index >= 15 is 0 Å². The van der Waals surface area contributed by atoms with E-state index in [1.807, 2.05) is 67.3 Å². The Morgan fingerprint density at radius 1 is 1.00 bits per heavy atom. The minimum absolute atomic E-state index is 0.0455. The quantitative estimate of drug-likeness (QED) is 0.835. The van der Waals surface area contributed by atoms with Crippen molar-refractivity contribution in [1.82, 2.24) is 4.90 Å². The van der Waals surface area contributed by atoms with Crippen LogP contribution in [0.1, 0.15) is 18.9 Å². The van der Waals surface area contributed by atoms with E-state index in [1.54, 1.807) is 0 Å². The van der Waals surface area contributed by atoms with Crippen LogP contribution in [-0.4, -0.2) is 49.5 Å². The summed E-state index contributed by atoms with van der Waals surface area (Å²) in [6, 6.07) is 15.3. The molecule has 2 amide bonds. The molecule has 0 aromatic heterocycles. The summed E-state index contributed by atoms with van der Waals surface area (Å²) in [5.74, 6) is 0.660. The van der Waals surface area contributed by atoms with E-state index in [1.165, 1.54) is 0 Å². The van der Waals surface area contributed by atoms with Crippen LogP contribution in [0.25, 0.3) is 0 Å². The SMILES string of the molecule is CCC(=O)N1CCN(c2ccccc2NC(=O)COc2ccc(C)cc2)CC1. The average molecular weight is 381 g/mol. The summed E-state index contributed by atoms with van der Waals surface area (Å²) in [5.41, 5.74) is 2.87. The number of nitrogens with one attached hydrogen (secondary N) is 1. The number of anilines is 2. The molecule has 148 valence electrons. The van der Waals surface area contributed by atoms with Gasteiger partial charge in [-0.15, -0.1) is 0 Å². The van der Waals surface area contributed by atoms with Gasteiger partial charge in [-0.2, -0.15) is 0 Å². The fraction of sp³-hybridized carbons (Fsp3) is 0.364. The number of para-hydroxylation sites is 2. The van der Waals surface area contributed by atoms with Gasteiger partial charge in [0.05, 0.1) is 11.4 Å². The number of rotatable bonds is 6. The normalized spacial score (nSPS) is 13.9. The first-order valence-electron chi connectivity index (χ1n) is 9.68. The highest BCUT2D eigenvalue weighted by atomic mass is 16.5. The molecule has 0 saturated carbocycles. The zero-order valence-electron chi connectivity index (χ0n) is 16.5. The molecule has 2 aromatic rings. The van der Waals surface area contributed by atoms with Gasteiger partial charge in [0.15, 0.2) is 6.61 Å². The zero-order chi connectivity index (χ0) is 19.9. The molecule has 1 aliphatic rings. The number of ether oxygens (including phenoxy) is 1. The monoisotopic (exact) mass is 381 g/mol. The van der Waals surface area contributed by atoms with Gasteiger partial charge in [0.1, 0.15) is 5.75 Å². The van der Waals surface area contributed by atoms with Gasteiger partial charge in [-0.1, -0.05) is 36.8 Å². The molecular weight excluding hydrogens is 354 g/mol. The Morgan fingerprint density at radius 2 is 1.68 bits per heavy atom. The predicted molar refractivity (Wildman–Crippen MR) is 111 cm³/mol. The van der Waals surface area contributed by atoms with Crippen LogP contribution in [0.3, 0.4) is 0 Å². The number of carbonyl (C=O) groups is 2. The minimum Gasteiger partial charge on any atom is -0.484 e. The number of aryl methyl sites for hydroxylation is 1. The first kappa shape index (κ1) is 19.7. The molecular formula is C22H27N3O3. The van der Waals surface area contributed by atoms with Gasteiger partial charge in [-0.25, -0.2) is 0 Å². The molecule has 28 heavy (non-hydrogen) atoms. The van der Waals surface area contributed by atoms with Gasteiger partial charge in [-0.3, -0.25) is 9.59 Å². The molecule has 3 rings (SSSR count). The van der Waals surface area contributed by atoms with Gasteiger partial charge < -0.3 is 19.9 Å². The summed E-state index contributed by atoms with van der Waals surface area (Å²) in [7, 11) is 0. The zero-order valence-corrected chi connectivity index (χ0v) is 16.5. The van der Waals surface area contributed by atoms with Gasteiger partial charge in [0.25, 0.3) is 5.91 Å². The van der Waals surface area contributed by atoms with Gasteiger partial charge >= 0.3 is 0 Å². The van der Waals surface area contributed by atoms with E-state index in [0.717, 1.165) is 30.0 Å². The molecule has 1 aliphatic heterocycles. The minimum atomic E-state index is -0.201. The van der Waals surface area contributed by atoms with E-state index in [2.05, 4.69) is 10.2 Å². The Morgan fingerprint density at radius 3 is 2.36 bits per heavy atom. The third-order valence-electron chi connectivity index (χ3n) is 4.84. The van der Waals surface area contributed by atoms with E-state index < -0.39 is 0 Å². The maximum Gasteiger partial charge on any atom is 0.262 e. The Hall–Kier alpha value is -3.02. The number of amides is 2. The molecule has 1 heterocycles. The van der Waals surface area contributed by atoms with Crippen molar-refractivity contribution in [2.75, 3.05) is 43.0 Å². The van der Waals surface area contributed by atoms with E-state index in [4.69, 9.17) is 4.74 Å². The molecule has 6 heteroatoms. The first-order chi connectivity index (χ1) is 13.6. The summed E-state index contributed by atoms with van der Waals surface area (Å²) in [6.07, 6.45) is 0.535. The molecule has 6 nitrogen and oxygen atoms in total. The van der Waals surface area contributed by atoms with E-state index in [9.17, 15) is 9.59 Å². The highest BCUT2D eigenvalue weighted by Crippen LogP contribution is 2.26. The Labute approximate surface area is 166 Å². The Balaban J connectivity index is 1.58. The van der Waals surface area contributed by atoms with Crippen molar-refractivity contribution < 1.29 is 14.3 Å². The molecule has 0 aliphatic carbocycles. The van der Waals surface area contributed by atoms with Crippen LogP contribution in [0, 0.1) is 6.92 Å². The van der Waals surface area contributed by atoms with Crippen LogP contribution in [0.15, 0.2) is 48.5 Å². The number of hydrogen-bond donors (Lipinski definition) is 1. The van der Waals surface area contributed by atoms with Crippen molar-refractivity contribution in [2.45, 2.75) is 20.3 Å². The second-order valence-electron chi connectivity index (χ2n) is 6.89. The molecule has 1 N–H and O–H groups in total. The summed E-state index contributed by atoms with van der Waals surface area (Å²) in [5, 5.41) is 2.95. The second kappa shape index (κ2) is 9.26. The Bertz CT molecular complexity index is 812. The van der Waals surface area contributed by atoms with Crippen LogP contribution < -0.4 is 15.0 Å². The van der Waals surface area contributed by atoms with Crippen LogP contribution >= 0.6 is 0 Å². The number of nitrogens with zero attached hydrogens (tertiary/aromatic N) is 2. The van der Waals surface area contributed by atoms with E-state index in [-0.39, 0.29) is 18.4 Å². The summed E-state index contributed by atoms with van der Waals surface area (Å²) < 4.78 is 5.56. The standard InChI is InChI=1S/C22H27N3O3/c1-3-22(27)25-14-12-24(13-15-25)20-7-5-4-6-19(20)23-21(26)16-28-18-10-8-17(2)9-11-18/h4-11H,3,12-16H2,1-2H3,(H,23,26). The molecule has 1 saturated heterocycles. The molecule has 0 bridgehead atoms. The highest BCUT2D eigenvalue weighted by molar-refractivity contribution is 5.95. The smallest absolute Gasteiger partial charge is 0.262 e. The van der Waals surface area contributed by atoms with Crippen LogP contribution in [0.5, 0.6) is 5.75 Å². The third-order valence-corrected chi connectivity index (χ3v) is 4.84. The topological polar surface area (TPSA) is 61.9 Å². The summed E-state index contributed by atoms with van der Waals surface area (Å²) in [6.45, 7) is 6.74. The number of carbonyl (C=O) groups excluding carboxylic acids is 2. The van der Waals surface area contributed by atoms with Crippen molar-refractivity contribution >= 4 is 23.2 Å². The largest absolute Gasteiger partial charge is 0.484 e. The summed E-state index contributed by atoms with van der Waals surface area (Å²) in [4.78, 5) is 28.3. The molecule has 0 spiro atoms. The number of hydrogen-bond acceptors (Lipinski definition) is 4. The Kier molecular flexibility index (Phi) is 6.53. The molecule has 0 unspecified atom stereocenters. The van der Waals surface area contributed by atoms with Crippen molar-refractivity contribution in [3.63, 3.8) is 0 Å². The lowest BCUT2D eigenvalue weighted by Crippen LogP contribution is -2.48. The lowest BCUT2D eigenvalue weighted by molar-refractivity contribution is -0.131. The maximum absolute atomic E-state index is 12.4. The van der Waals surface area contributed by atoms with Crippen molar-refractivity contribution in [1.29, 1.82) is 0 Å². The van der Waals surface area contributed by atoms with Crippen molar-refractivity contribution in [3.05, 3.63) is 54.1 Å². The fourth-order valence-corrected chi connectivity index (χ4v) is 3.25.